The van der Waals surface area contributed by atoms with Gasteiger partial charge in [-0.15, -0.1) is 0 Å². The molecule has 0 radical (unpaired) electrons. The largest absolute Gasteiger partial charge is 0.263 e. The average molecular weight is 330 g/mol. The molecule has 3 rings (SSSR count). The first-order valence-electron chi connectivity index (χ1n) is 8.11. The Morgan fingerprint density at radius 1 is 1.04 bits per heavy atom. The number of nitrogens with one attached hydrogen (secondary N) is 1. The molecule has 0 saturated heterocycles. The van der Waals surface area contributed by atoms with Crippen LogP contribution in [0.1, 0.15) is 49.1 Å². The van der Waals surface area contributed by atoms with Crippen LogP contribution in [-0.2, 0) is 10.0 Å². The van der Waals surface area contributed by atoms with E-state index in [4.69, 9.17) is 0 Å². The summed E-state index contributed by atoms with van der Waals surface area (Å²) in [6.45, 7) is 1.83. The van der Waals surface area contributed by atoms with E-state index in [2.05, 4.69) is 9.71 Å². The van der Waals surface area contributed by atoms with E-state index in [9.17, 15) is 8.42 Å². The lowest BCUT2D eigenvalue weighted by molar-refractivity contribution is 0.443. The molecule has 23 heavy (non-hydrogen) atoms. The predicted octanol–water partition coefficient (Wildman–Crippen LogP) is 4.24. The Morgan fingerprint density at radius 2 is 1.74 bits per heavy atom. The van der Waals surface area contributed by atoms with Gasteiger partial charge in [0, 0.05) is 6.20 Å². The second kappa shape index (κ2) is 6.71. The Morgan fingerprint density at radius 3 is 2.39 bits per heavy atom. The zero-order valence-corrected chi connectivity index (χ0v) is 14.1. The lowest BCUT2D eigenvalue weighted by atomic mass is 9.84. The van der Waals surface area contributed by atoms with Gasteiger partial charge < -0.3 is 0 Å². The molecule has 0 atom stereocenters. The standard InChI is InChI=1S/C18H22N2O2S/c1-14-6-5-13-19-18(14)20-23(21,22)17-11-9-16(10-12-17)15-7-3-2-4-8-15/h5-6,9-13,15H,2-4,7-8H2,1H3,(H,19,20). The molecular formula is C18H22N2O2S. The Hall–Kier alpha value is -1.88. The highest BCUT2D eigenvalue weighted by atomic mass is 32.2. The van der Waals surface area contributed by atoms with Crippen LogP contribution in [0.4, 0.5) is 5.82 Å². The van der Waals surface area contributed by atoms with Gasteiger partial charge in [-0.3, -0.25) is 4.72 Å². The fourth-order valence-electron chi connectivity index (χ4n) is 3.13. The van der Waals surface area contributed by atoms with Crippen LogP contribution in [0.2, 0.25) is 0 Å². The molecule has 0 amide bonds. The second-order valence-electron chi connectivity index (χ2n) is 6.18. The van der Waals surface area contributed by atoms with Crippen molar-refractivity contribution >= 4 is 15.8 Å². The van der Waals surface area contributed by atoms with Gasteiger partial charge in [-0.25, -0.2) is 13.4 Å². The predicted molar refractivity (Wildman–Crippen MR) is 92.1 cm³/mol. The van der Waals surface area contributed by atoms with Crippen molar-refractivity contribution in [2.75, 3.05) is 4.72 Å². The molecule has 1 fully saturated rings. The normalized spacial score (nSPS) is 16.2. The van der Waals surface area contributed by atoms with Crippen molar-refractivity contribution in [1.82, 2.24) is 4.98 Å². The molecule has 0 bridgehead atoms. The summed E-state index contributed by atoms with van der Waals surface area (Å²) in [5, 5.41) is 0. The van der Waals surface area contributed by atoms with Gasteiger partial charge in [-0.05, 0) is 55.0 Å². The molecule has 4 nitrogen and oxygen atoms in total. The number of sulfonamides is 1. The van der Waals surface area contributed by atoms with Crippen LogP contribution in [0.3, 0.4) is 0 Å². The van der Waals surface area contributed by atoms with E-state index in [0.29, 0.717) is 11.7 Å². The summed E-state index contributed by atoms with van der Waals surface area (Å²) in [6.07, 6.45) is 7.85. The molecule has 1 heterocycles. The molecule has 1 aromatic carbocycles. The summed E-state index contributed by atoms with van der Waals surface area (Å²) in [6, 6.07) is 10.9. The van der Waals surface area contributed by atoms with E-state index in [1.165, 1.54) is 37.7 Å². The van der Waals surface area contributed by atoms with Gasteiger partial charge in [0.1, 0.15) is 5.82 Å². The van der Waals surface area contributed by atoms with Crippen molar-refractivity contribution in [3.05, 3.63) is 53.7 Å². The van der Waals surface area contributed by atoms with E-state index in [1.807, 2.05) is 25.1 Å². The molecule has 1 N–H and O–H groups in total. The SMILES string of the molecule is Cc1cccnc1NS(=O)(=O)c1ccc(C2CCCCC2)cc1. The van der Waals surface area contributed by atoms with E-state index < -0.39 is 10.0 Å². The summed E-state index contributed by atoms with van der Waals surface area (Å²) < 4.78 is 27.5. The van der Waals surface area contributed by atoms with Crippen molar-refractivity contribution in [1.29, 1.82) is 0 Å². The summed E-state index contributed by atoms with van der Waals surface area (Å²) in [4.78, 5) is 4.37. The Bertz CT molecular complexity index is 764. The molecule has 122 valence electrons. The van der Waals surface area contributed by atoms with Crippen molar-refractivity contribution < 1.29 is 8.42 Å². The zero-order valence-electron chi connectivity index (χ0n) is 13.3. The van der Waals surface area contributed by atoms with Crippen molar-refractivity contribution in [3.63, 3.8) is 0 Å². The highest BCUT2D eigenvalue weighted by Crippen LogP contribution is 2.33. The van der Waals surface area contributed by atoms with E-state index >= 15 is 0 Å². The molecular weight excluding hydrogens is 308 g/mol. The minimum absolute atomic E-state index is 0.280. The number of anilines is 1. The molecule has 1 aliphatic rings. The summed E-state index contributed by atoms with van der Waals surface area (Å²) >= 11 is 0. The molecule has 1 aromatic heterocycles. The first-order valence-corrected chi connectivity index (χ1v) is 9.59. The average Bonchev–Trinajstić information content (AvgIpc) is 2.58. The van der Waals surface area contributed by atoms with Gasteiger partial charge in [0.05, 0.1) is 4.90 Å². The highest BCUT2D eigenvalue weighted by molar-refractivity contribution is 7.92. The van der Waals surface area contributed by atoms with Gasteiger partial charge in [0.2, 0.25) is 0 Å². The molecule has 0 aliphatic heterocycles. The summed E-state index contributed by atoms with van der Waals surface area (Å²) in [5.41, 5.74) is 2.05. The van der Waals surface area contributed by atoms with E-state index in [0.717, 1.165) is 5.56 Å². The van der Waals surface area contributed by atoms with Gasteiger partial charge in [-0.2, -0.15) is 0 Å². The van der Waals surface area contributed by atoms with Crippen LogP contribution in [0, 0.1) is 6.92 Å². The Balaban J connectivity index is 1.79. The number of pyridine rings is 1. The van der Waals surface area contributed by atoms with Crippen LogP contribution >= 0.6 is 0 Å². The van der Waals surface area contributed by atoms with E-state index in [-0.39, 0.29) is 4.90 Å². The van der Waals surface area contributed by atoms with Crippen molar-refractivity contribution in [2.45, 2.75) is 49.8 Å². The quantitative estimate of drug-likeness (QED) is 0.912. The number of aryl methyl sites for hydroxylation is 1. The molecule has 1 aliphatic carbocycles. The van der Waals surface area contributed by atoms with Crippen LogP contribution in [0.25, 0.3) is 0 Å². The number of aromatic nitrogens is 1. The van der Waals surface area contributed by atoms with Gasteiger partial charge in [0.15, 0.2) is 0 Å². The number of hydrogen-bond acceptors (Lipinski definition) is 3. The molecule has 0 unspecified atom stereocenters. The lowest BCUT2D eigenvalue weighted by Gasteiger charge is -2.22. The second-order valence-corrected chi connectivity index (χ2v) is 7.86. The van der Waals surface area contributed by atoms with Crippen LogP contribution in [0.5, 0.6) is 0 Å². The maximum Gasteiger partial charge on any atom is 0.263 e. The zero-order chi connectivity index (χ0) is 16.3. The number of nitrogens with zero attached hydrogens (tertiary/aromatic N) is 1. The Labute approximate surface area is 138 Å². The minimum Gasteiger partial charge on any atom is -0.263 e. The fourth-order valence-corrected chi connectivity index (χ4v) is 4.21. The van der Waals surface area contributed by atoms with Crippen molar-refractivity contribution in [2.24, 2.45) is 0 Å². The third-order valence-corrected chi connectivity index (χ3v) is 5.86. The monoisotopic (exact) mass is 330 g/mol. The van der Waals surface area contributed by atoms with E-state index in [1.54, 1.807) is 24.4 Å². The molecule has 0 spiro atoms. The van der Waals surface area contributed by atoms with Crippen molar-refractivity contribution in [3.8, 4) is 0 Å². The molecule has 2 aromatic rings. The number of hydrogen-bond donors (Lipinski definition) is 1. The van der Waals surface area contributed by atoms with Crippen LogP contribution < -0.4 is 4.72 Å². The van der Waals surface area contributed by atoms with Crippen LogP contribution in [-0.4, -0.2) is 13.4 Å². The maximum atomic E-state index is 12.5. The number of benzene rings is 1. The van der Waals surface area contributed by atoms with Gasteiger partial charge in [-0.1, -0.05) is 37.5 Å². The summed E-state index contributed by atoms with van der Waals surface area (Å²) in [7, 11) is -3.60. The lowest BCUT2D eigenvalue weighted by Crippen LogP contribution is -2.15. The maximum absolute atomic E-state index is 12.5. The number of rotatable bonds is 4. The first kappa shape index (κ1) is 16.0. The molecule has 5 heteroatoms. The fraction of sp³-hybridized carbons (Fsp3) is 0.389. The Kier molecular flexibility index (Phi) is 4.66. The smallest absolute Gasteiger partial charge is 0.263 e. The minimum atomic E-state index is -3.60. The molecule has 1 saturated carbocycles. The van der Waals surface area contributed by atoms with Gasteiger partial charge in [0.25, 0.3) is 10.0 Å². The highest BCUT2D eigenvalue weighted by Gasteiger charge is 2.19. The topological polar surface area (TPSA) is 59.1 Å². The first-order chi connectivity index (χ1) is 11.1. The third kappa shape index (κ3) is 3.72. The van der Waals surface area contributed by atoms with Crippen LogP contribution in [0.15, 0.2) is 47.5 Å². The van der Waals surface area contributed by atoms with Gasteiger partial charge >= 0.3 is 0 Å². The third-order valence-electron chi connectivity index (χ3n) is 4.51. The summed E-state index contributed by atoms with van der Waals surface area (Å²) in [5.74, 6) is 0.954.